The molecule has 0 bridgehead atoms. The van der Waals surface area contributed by atoms with Gasteiger partial charge < -0.3 is 15.5 Å². The zero-order valence-corrected chi connectivity index (χ0v) is 19.0. The van der Waals surface area contributed by atoms with Crippen molar-refractivity contribution in [1.82, 2.24) is 15.5 Å². The molecule has 2 aliphatic rings. The third kappa shape index (κ3) is 5.18. The lowest BCUT2D eigenvalue weighted by molar-refractivity contribution is 0.125. The Morgan fingerprint density at radius 1 is 1.23 bits per heavy atom. The van der Waals surface area contributed by atoms with Gasteiger partial charge in [-0.15, -0.1) is 11.3 Å². The summed E-state index contributed by atoms with van der Waals surface area (Å²) in [4.78, 5) is 10.3. The van der Waals surface area contributed by atoms with Gasteiger partial charge in [-0.05, 0) is 62.4 Å². The van der Waals surface area contributed by atoms with Crippen LogP contribution in [0.4, 0.5) is 14.5 Å². The van der Waals surface area contributed by atoms with Crippen LogP contribution >= 0.6 is 11.3 Å². The lowest BCUT2D eigenvalue weighted by Crippen LogP contribution is -2.48. The van der Waals surface area contributed by atoms with Crippen molar-refractivity contribution in [3.8, 4) is 0 Å². The highest BCUT2D eigenvalue weighted by molar-refractivity contribution is 7.10. The van der Waals surface area contributed by atoms with Gasteiger partial charge in [0, 0.05) is 49.7 Å². The number of aliphatic imine (C=N–C) groups is 1. The molecule has 0 spiro atoms. The first kappa shape index (κ1) is 22.0. The fraction of sp³-hybridized carbons (Fsp3) is 0.522. The van der Waals surface area contributed by atoms with Crippen LogP contribution in [-0.4, -0.2) is 57.2 Å². The zero-order valence-electron chi connectivity index (χ0n) is 18.2. The minimum absolute atomic E-state index is 0.165. The van der Waals surface area contributed by atoms with Crippen molar-refractivity contribution in [2.24, 2.45) is 10.9 Å². The van der Waals surface area contributed by atoms with E-state index in [1.807, 2.05) is 16.2 Å². The number of thiophene rings is 1. The summed E-state index contributed by atoms with van der Waals surface area (Å²) in [5, 5.41) is 9.16. The number of anilines is 1. The fourth-order valence-corrected chi connectivity index (χ4v) is 5.82. The van der Waals surface area contributed by atoms with Crippen LogP contribution < -0.4 is 15.5 Å². The number of hydrogen-bond acceptors (Lipinski definition) is 4. The molecule has 2 aliphatic heterocycles. The molecular formula is C23H31F2N5S. The van der Waals surface area contributed by atoms with Gasteiger partial charge >= 0.3 is 0 Å². The molecule has 3 unspecified atom stereocenters. The standard InChI is InChI=1S/C23H31F2N5S/c1-26-23(27-14-16-5-3-10-29(2)22(16)21-6-4-12-31-21)28-18-9-11-30(15-18)20-8-7-17(24)13-19(20)25/h4,6-8,12-13,16,18,22H,3,5,9-11,14-15H2,1-2H3,(H2,26,27,28). The third-order valence-electron chi connectivity index (χ3n) is 6.38. The third-order valence-corrected chi connectivity index (χ3v) is 7.32. The number of hydrogen-bond donors (Lipinski definition) is 2. The predicted molar refractivity (Wildman–Crippen MR) is 124 cm³/mol. The second-order valence-corrected chi connectivity index (χ2v) is 9.45. The smallest absolute Gasteiger partial charge is 0.191 e. The van der Waals surface area contributed by atoms with E-state index in [0.717, 1.165) is 38.1 Å². The quantitative estimate of drug-likeness (QED) is 0.540. The molecule has 0 amide bonds. The average Bonchev–Trinajstić information content (AvgIpc) is 3.43. The van der Waals surface area contributed by atoms with E-state index in [9.17, 15) is 8.78 Å². The number of nitrogens with one attached hydrogen (secondary N) is 2. The van der Waals surface area contributed by atoms with Crippen LogP contribution in [-0.2, 0) is 0 Å². The number of halogens is 2. The van der Waals surface area contributed by atoms with Gasteiger partial charge in [0.25, 0.3) is 0 Å². The minimum atomic E-state index is -0.547. The second-order valence-electron chi connectivity index (χ2n) is 8.47. The first-order valence-corrected chi connectivity index (χ1v) is 11.8. The highest BCUT2D eigenvalue weighted by Gasteiger charge is 2.31. The Kier molecular flexibility index (Phi) is 7.07. The van der Waals surface area contributed by atoms with Crippen molar-refractivity contribution in [1.29, 1.82) is 0 Å². The van der Waals surface area contributed by atoms with Gasteiger partial charge in [0.05, 0.1) is 5.69 Å². The summed E-state index contributed by atoms with van der Waals surface area (Å²) >= 11 is 1.83. The van der Waals surface area contributed by atoms with E-state index in [1.54, 1.807) is 7.05 Å². The van der Waals surface area contributed by atoms with E-state index in [4.69, 9.17) is 0 Å². The van der Waals surface area contributed by atoms with Gasteiger partial charge in [0.1, 0.15) is 11.6 Å². The molecule has 3 atom stereocenters. The highest BCUT2D eigenvalue weighted by atomic mass is 32.1. The van der Waals surface area contributed by atoms with Gasteiger partial charge in [-0.1, -0.05) is 6.07 Å². The maximum absolute atomic E-state index is 14.1. The van der Waals surface area contributed by atoms with Crippen LogP contribution in [0.15, 0.2) is 40.7 Å². The van der Waals surface area contributed by atoms with Crippen LogP contribution in [0.25, 0.3) is 0 Å². The number of benzene rings is 1. The van der Waals surface area contributed by atoms with Gasteiger partial charge in [-0.3, -0.25) is 9.89 Å². The van der Waals surface area contributed by atoms with Crippen molar-refractivity contribution in [3.05, 3.63) is 52.2 Å². The minimum Gasteiger partial charge on any atom is -0.367 e. The second kappa shape index (κ2) is 9.96. The number of piperidine rings is 1. The topological polar surface area (TPSA) is 42.9 Å². The normalized spacial score (nSPS) is 25.1. The van der Waals surface area contributed by atoms with Crippen molar-refractivity contribution < 1.29 is 8.78 Å². The van der Waals surface area contributed by atoms with E-state index < -0.39 is 11.6 Å². The fourth-order valence-electron chi connectivity index (χ4n) is 4.83. The molecule has 2 fully saturated rings. The van der Waals surface area contributed by atoms with Gasteiger partial charge in [-0.25, -0.2) is 8.78 Å². The Labute approximate surface area is 187 Å². The molecule has 1 aromatic heterocycles. The molecule has 0 aliphatic carbocycles. The summed E-state index contributed by atoms with van der Waals surface area (Å²) in [6, 6.07) is 8.74. The molecule has 31 heavy (non-hydrogen) atoms. The van der Waals surface area contributed by atoms with E-state index >= 15 is 0 Å². The van der Waals surface area contributed by atoms with Gasteiger partial charge in [0.2, 0.25) is 0 Å². The van der Waals surface area contributed by atoms with E-state index in [1.165, 1.54) is 29.9 Å². The van der Waals surface area contributed by atoms with E-state index in [0.29, 0.717) is 24.2 Å². The van der Waals surface area contributed by atoms with E-state index in [-0.39, 0.29) is 6.04 Å². The largest absolute Gasteiger partial charge is 0.367 e. The number of nitrogens with zero attached hydrogens (tertiary/aromatic N) is 3. The van der Waals surface area contributed by atoms with Crippen molar-refractivity contribution in [3.63, 3.8) is 0 Å². The number of rotatable bonds is 5. The lowest BCUT2D eigenvalue weighted by atomic mass is 9.88. The first-order chi connectivity index (χ1) is 15.0. The maximum atomic E-state index is 14.1. The van der Waals surface area contributed by atoms with Crippen molar-refractivity contribution in [2.45, 2.75) is 31.3 Å². The molecule has 1 aromatic carbocycles. The monoisotopic (exact) mass is 447 g/mol. The summed E-state index contributed by atoms with van der Waals surface area (Å²) in [5.74, 6) is 0.243. The molecule has 168 valence electrons. The van der Waals surface area contributed by atoms with Crippen LogP contribution in [0.3, 0.4) is 0 Å². The van der Waals surface area contributed by atoms with E-state index in [2.05, 4.69) is 45.1 Å². The molecule has 2 N–H and O–H groups in total. The lowest BCUT2D eigenvalue weighted by Gasteiger charge is -2.39. The van der Waals surface area contributed by atoms with Gasteiger partial charge in [-0.2, -0.15) is 0 Å². The molecular weight excluding hydrogens is 416 g/mol. The number of likely N-dealkylation sites (tertiary alicyclic amines) is 1. The summed E-state index contributed by atoms with van der Waals surface area (Å²) in [6.45, 7) is 3.37. The molecule has 0 radical (unpaired) electrons. The average molecular weight is 448 g/mol. The predicted octanol–water partition coefficient (Wildman–Crippen LogP) is 3.85. The summed E-state index contributed by atoms with van der Waals surface area (Å²) < 4.78 is 27.3. The molecule has 8 heteroatoms. The molecule has 3 heterocycles. The molecule has 2 aromatic rings. The molecule has 5 nitrogen and oxygen atoms in total. The number of guanidine groups is 1. The zero-order chi connectivity index (χ0) is 21.8. The summed E-state index contributed by atoms with van der Waals surface area (Å²) in [7, 11) is 4.00. The highest BCUT2D eigenvalue weighted by Crippen LogP contribution is 2.36. The Bertz CT molecular complexity index is 888. The van der Waals surface area contributed by atoms with Crippen LogP contribution in [0.1, 0.15) is 30.2 Å². The van der Waals surface area contributed by atoms with Crippen molar-refractivity contribution >= 4 is 23.0 Å². The van der Waals surface area contributed by atoms with Crippen LogP contribution in [0.2, 0.25) is 0 Å². The summed E-state index contributed by atoms with van der Waals surface area (Å²) in [5.41, 5.74) is 0.456. The maximum Gasteiger partial charge on any atom is 0.191 e. The molecule has 0 saturated carbocycles. The Morgan fingerprint density at radius 3 is 2.84 bits per heavy atom. The Hall–Kier alpha value is -2.19. The van der Waals surface area contributed by atoms with Gasteiger partial charge in [0.15, 0.2) is 5.96 Å². The Morgan fingerprint density at radius 2 is 2.10 bits per heavy atom. The van der Waals surface area contributed by atoms with Crippen LogP contribution in [0, 0.1) is 17.6 Å². The van der Waals surface area contributed by atoms with Crippen LogP contribution in [0.5, 0.6) is 0 Å². The van der Waals surface area contributed by atoms with Crippen molar-refractivity contribution in [2.75, 3.05) is 45.2 Å². The Balaban J connectivity index is 1.33. The SMILES string of the molecule is CN=C(NCC1CCCN(C)C1c1cccs1)NC1CCN(c2ccc(F)cc2F)C1. The molecule has 2 saturated heterocycles. The molecule has 4 rings (SSSR count). The summed E-state index contributed by atoms with van der Waals surface area (Å²) in [6.07, 6.45) is 3.27. The first-order valence-electron chi connectivity index (χ1n) is 11.0.